The third kappa shape index (κ3) is 4.15. The molecule has 0 unspecified atom stereocenters. The number of rotatable bonds is 1. The van der Waals surface area contributed by atoms with Gasteiger partial charge >= 0.3 is 39.3 Å². The van der Waals surface area contributed by atoms with Crippen LogP contribution in [0.25, 0.3) is 75.4 Å². The van der Waals surface area contributed by atoms with E-state index in [1.807, 2.05) is 0 Å². The Bertz CT molecular complexity index is 2370. The molecule has 42 heavy (non-hydrogen) atoms. The van der Waals surface area contributed by atoms with Crippen molar-refractivity contribution in [1.82, 2.24) is 0 Å². The third-order valence-electron chi connectivity index (χ3n) is 8.22. The Kier molecular flexibility index (Phi) is 5.88. The van der Waals surface area contributed by atoms with Crippen molar-refractivity contribution in [3.8, 4) is 0 Å². The van der Waals surface area contributed by atoms with E-state index in [9.17, 15) is 0 Å². The van der Waals surface area contributed by atoms with Crippen LogP contribution >= 0.6 is 0 Å². The van der Waals surface area contributed by atoms with Crippen molar-refractivity contribution in [2.24, 2.45) is 0 Å². The summed E-state index contributed by atoms with van der Waals surface area (Å²) in [4.78, 5) is 0. The first-order chi connectivity index (χ1) is 20.8. The second kappa shape index (κ2) is 9.94. The molecule has 1 heterocycles. The molecule has 7 radical (unpaired) electrons. The van der Waals surface area contributed by atoms with Crippen LogP contribution < -0.4 is 5.19 Å². The highest BCUT2D eigenvalue weighted by atomic mass is 28.4. The lowest BCUT2D eigenvalue weighted by Gasteiger charge is -2.18. The van der Waals surface area contributed by atoms with Crippen LogP contribution in [0.4, 0.5) is 0 Å². The fourth-order valence-electron chi connectivity index (χ4n) is 6.26. The lowest BCUT2D eigenvalue weighted by molar-refractivity contribution is 0.337. The van der Waals surface area contributed by atoms with Crippen molar-refractivity contribution in [3.63, 3.8) is 0 Å². The summed E-state index contributed by atoms with van der Waals surface area (Å²) in [5, 5.41) is 18.5. The topological polar surface area (TPSA) is 36.9 Å². The largest absolute Gasteiger partial charge is 0.413 e. The van der Waals surface area contributed by atoms with E-state index in [0.717, 1.165) is 10.6 Å². The highest BCUT2D eigenvalue weighted by Gasteiger charge is 2.25. The Morgan fingerprint density at radius 2 is 0.786 bits per heavy atom. The summed E-state index contributed by atoms with van der Waals surface area (Å²) in [6.07, 6.45) is 0. The van der Waals surface area contributed by atoms with E-state index >= 15 is 0 Å². The summed E-state index contributed by atoms with van der Waals surface area (Å²) in [5.74, 6) is 0. The van der Waals surface area contributed by atoms with Gasteiger partial charge in [0, 0.05) is 5.19 Å². The van der Waals surface area contributed by atoms with E-state index in [1.54, 1.807) is 0 Å². The Labute approximate surface area is 250 Å². The van der Waals surface area contributed by atoms with Gasteiger partial charge in [0.2, 0.25) is 0 Å². The van der Waals surface area contributed by atoms with Gasteiger partial charge in [0.05, 0.1) is 0 Å². The second-order valence-electron chi connectivity index (χ2n) is 10.6. The molecule has 8 aromatic carbocycles. The molecule has 9 rings (SSSR count). The van der Waals surface area contributed by atoms with Crippen molar-refractivity contribution in [2.45, 2.75) is 0 Å². The molecule has 0 atom stereocenters. The van der Waals surface area contributed by atoms with E-state index in [1.165, 1.54) is 70.0 Å². The van der Waals surface area contributed by atoms with Crippen molar-refractivity contribution < 1.29 is 16.5 Å². The predicted molar refractivity (Wildman–Crippen MR) is 176 cm³/mol. The van der Waals surface area contributed by atoms with Crippen LogP contribution in [-0.4, -0.2) is 39.3 Å². The second-order valence-corrected chi connectivity index (χ2v) is 15.5. The van der Waals surface area contributed by atoms with Gasteiger partial charge in [0.25, 0.3) is 0 Å². The number of benzene rings is 8. The van der Waals surface area contributed by atoms with Gasteiger partial charge in [-0.25, -0.2) is 0 Å². The standard InChI is InChI=1S/C34H19O4Si4/c1-2-5-21-11-26-16-29-17-31-24(14-28(29)15-25(26)10-20(21)4-1)9-8-23-13-27-12-22-6-3-7-34(33(22)19-30(27)18-32(23)31)42-37-40-35-39-36-41-38-42/h1-19H. The maximum Gasteiger partial charge on any atom is 0.413 e. The minimum atomic E-state index is -1.73. The maximum atomic E-state index is 6.03. The molecule has 4 nitrogen and oxygen atoms in total. The average Bonchev–Trinajstić information content (AvgIpc) is 2.99. The molecule has 0 amide bonds. The molecular weight excluding hydrogens is 585 g/mol. The highest BCUT2D eigenvalue weighted by molar-refractivity contribution is 6.72. The van der Waals surface area contributed by atoms with Gasteiger partial charge in [-0.1, -0.05) is 54.6 Å². The van der Waals surface area contributed by atoms with Crippen LogP contribution in [0.5, 0.6) is 0 Å². The number of hydrogen-bond donors (Lipinski definition) is 0. The molecule has 0 N–H and O–H groups in total. The molecule has 1 saturated heterocycles. The molecule has 8 aromatic rings. The van der Waals surface area contributed by atoms with Crippen LogP contribution in [0.2, 0.25) is 0 Å². The van der Waals surface area contributed by atoms with Crippen LogP contribution in [0.15, 0.2) is 115 Å². The van der Waals surface area contributed by atoms with Gasteiger partial charge in [-0.05, 0) is 136 Å². The fraction of sp³-hybridized carbons (Fsp3) is 0. The third-order valence-corrected chi connectivity index (χ3v) is 12.6. The average molecular weight is 604 g/mol. The van der Waals surface area contributed by atoms with Crippen LogP contribution in [0.3, 0.4) is 0 Å². The molecule has 0 aliphatic carbocycles. The van der Waals surface area contributed by atoms with Gasteiger partial charge < -0.3 is 16.5 Å². The first kappa shape index (κ1) is 24.8. The smallest absolute Gasteiger partial charge is 0.412 e. The van der Waals surface area contributed by atoms with Gasteiger partial charge in [-0.3, -0.25) is 0 Å². The normalized spacial score (nSPS) is 15.3. The quantitative estimate of drug-likeness (QED) is 0.114. The minimum absolute atomic E-state index is 0.0366. The molecule has 1 aliphatic heterocycles. The van der Waals surface area contributed by atoms with Crippen LogP contribution in [-0.2, 0) is 16.5 Å². The summed E-state index contributed by atoms with van der Waals surface area (Å²) in [6.45, 7) is 0. The predicted octanol–water partition coefficient (Wildman–Crippen LogP) is 7.14. The van der Waals surface area contributed by atoms with Crippen LogP contribution in [0.1, 0.15) is 0 Å². The zero-order chi connectivity index (χ0) is 27.6. The summed E-state index contributed by atoms with van der Waals surface area (Å²) in [7, 11) is -1.93. The lowest BCUT2D eigenvalue weighted by atomic mass is 9.93. The monoisotopic (exact) mass is 603 g/mol. The summed E-state index contributed by atoms with van der Waals surface area (Å²) in [6, 6.07) is 42.6. The minimum Gasteiger partial charge on any atom is -0.412 e. The van der Waals surface area contributed by atoms with Crippen LogP contribution in [0, 0.1) is 0 Å². The molecule has 0 saturated carbocycles. The molecule has 0 spiro atoms. The molecule has 0 aromatic heterocycles. The molecular formula is C34H19O4Si4. The molecule has 1 aliphatic rings. The van der Waals surface area contributed by atoms with Gasteiger partial charge in [0.1, 0.15) is 0 Å². The Balaban J connectivity index is 1.25. The van der Waals surface area contributed by atoms with E-state index in [4.69, 9.17) is 16.5 Å². The highest BCUT2D eigenvalue weighted by Crippen LogP contribution is 2.35. The van der Waals surface area contributed by atoms with Gasteiger partial charge in [-0.15, -0.1) is 0 Å². The van der Waals surface area contributed by atoms with E-state index in [-0.39, 0.29) is 30.0 Å². The molecule has 0 bridgehead atoms. The fourth-order valence-corrected chi connectivity index (χ4v) is 10.9. The Morgan fingerprint density at radius 3 is 1.38 bits per heavy atom. The Morgan fingerprint density at radius 1 is 0.357 bits per heavy atom. The SMILES string of the molecule is c1ccc2cc3cc4cc5c(ccc6cc7cc8cccc([Si]9O[Si]O[Si]O[Si]O9)c8cc7cc65)cc4cc3cc2c1. The summed E-state index contributed by atoms with van der Waals surface area (Å²) in [5.41, 5.74) is 0. The zero-order valence-electron chi connectivity index (χ0n) is 22.1. The number of hydrogen-bond acceptors (Lipinski definition) is 4. The molecule has 8 heteroatoms. The van der Waals surface area contributed by atoms with E-state index < -0.39 is 9.28 Å². The lowest BCUT2D eigenvalue weighted by Crippen LogP contribution is -2.42. The first-order valence-corrected chi connectivity index (χ1v) is 17.4. The van der Waals surface area contributed by atoms with Gasteiger partial charge in [-0.2, -0.15) is 0 Å². The Hall–Kier alpha value is -3.71. The molecule has 195 valence electrons. The van der Waals surface area contributed by atoms with E-state index in [2.05, 4.69) is 115 Å². The van der Waals surface area contributed by atoms with Crippen molar-refractivity contribution in [3.05, 3.63) is 115 Å². The zero-order valence-corrected chi connectivity index (χ0v) is 26.1. The van der Waals surface area contributed by atoms with E-state index in [0.29, 0.717) is 0 Å². The maximum absolute atomic E-state index is 6.03. The van der Waals surface area contributed by atoms with Gasteiger partial charge in [0.15, 0.2) is 0 Å². The summed E-state index contributed by atoms with van der Waals surface area (Å²) >= 11 is 0. The first-order valence-electron chi connectivity index (χ1n) is 13.6. The van der Waals surface area contributed by atoms with Crippen molar-refractivity contribution >= 4 is 120 Å². The number of fused-ring (bicyclic) bond motifs is 8. The van der Waals surface area contributed by atoms with Crippen molar-refractivity contribution in [1.29, 1.82) is 0 Å². The summed E-state index contributed by atoms with van der Waals surface area (Å²) < 4.78 is 22.9. The molecule has 1 fully saturated rings. The van der Waals surface area contributed by atoms with Crippen molar-refractivity contribution in [2.75, 3.05) is 0 Å².